The zero-order chi connectivity index (χ0) is 21.7. The van der Waals surface area contributed by atoms with Crippen molar-refractivity contribution in [3.63, 3.8) is 0 Å². The van der Waals surface area contributed by atoms with Crippen molar-refractivity contribution < 1.29 is 13.2 Å². The lowest BCUT2D eigenvalue weighted by atomic mass is 10.3. The maximum atomic E-state index is 12.6. The fourth-order valence-corrected chi connectivity index (χ4v) is 3.77. The van der Waals surface area contributed by atoms with Gasteiger partial charge in [0, 0.05) is 31.5 Å². The van der Waals surface area contributed by atoms with Crippen LogP contribution in [0.3, 0.4) is 0 Å². The standard InChI is InChI=1S/C21H25N5O3S/c1-5-29-18-10-12-19(13-11-18)30(27,28)25-17-8-6-16(7-9-17)24-20-14-21(26(3)4)23-15(2)22-20/h6-14,25H,5H2,1-4H3,(H,22,23,24). The molecule has 0 saturated carbocycles. The third-order valence-electron chi connectivity index (χ3n) is 4.14. The second-order valence-electron chi connectivity index (χ2n) is 6.77. The molecule has 8 nitrogen and oxygen atoms in total. The predicted octanol–water partition coefficient (Wildman–Crippen LogP) is 3.79. The van der Waals surface area contributed by atoms with Crippen LogP contribution < -0.4 is 19.7 Å². The number of nitrogens with one attached hydrogen (secondary N) is 2. The first-order valence-corrected chi connectivity index (χ1v) is 10.9. The molecule has 3 rings (SSSR count). The molecule has 2 aromatic carbocycles. The van der Waals surface area contributed by atoms with E-state index in [1.165, 1.54) is 12.1 Å². The van der Waals surface area contributed by atoms with Gasteiger partial charge in [-0.25, -0.2) is 18.4 Å². The van der Waals surface area contributed by atoms with E-state index in [1.807, 2.05) is 38.9 Å². The molecule has 1 aromatic heterocycles. The van der Waals surface area contributed by atoms with Gasteiger partial charge in [-0.2, -0.15) is 0 Å². The van der Waals surface area contributed by atoms with E-state index in [0.29, 0.717) is 29.7 Å². The second kappa shape index (κ2) is 9.00. The number of benzene rings is 2. The zero-order valence-electron chi connectivity index (χ0n) is 17.4. The maximum absolute atomic E-state index is 12.6. The monoisotopic (exact) mass is 427 g/mol. The summed E-state index contributed by atoms with van der Waals surface area (Å²) >= 11 is 0. The van der Waals surface area contributed by atoms with Gasteiger partial charge in [0.05, 0.1) is 11.5 Å². The van der Waals surface area contributed by atoms with Gasteiger partial charge in [0.2, 0.25) is 0 Å². The number of hydrogen-bond acceptors (Lipinski definition) is 7. The quantitative estimate of drug-likeness (QED) is 0.564. The SMILES string of the molecule is CCOc1ccc(S(=O)(=O)Nc2ccc(Nc3cc(N(C)C)nc(C)n3)cc2)cc1. The summed E-state index contributed by atoms with van der Waals surface area (Å²) in [5, 5.41) is 3.21. The van der Waals surface area contributed by atoms with Crippen LogP contribution in [0, 0.1) is 6.92 Å². The van der Waals surface area contributed by atoms with Crippen LogP contribution in [-0.4, -0.2) is 39.1 Å². The minimum Gasteiger partial charge on any atom is -0.494 e. The van der Waals surface area contributed by atoms with Crippen molar-refractivity contribution in [3.05, 3.63) is 60.4 Å². The van der Waals surface area contributed by atoms with E-state index in [4.69, 9.17) is 4.74 Å². The molecular formula is C21H25N5O3S. The number of rotatable bonds is 8. The molecule has 0 unspecified atom stereocenters. The Bertz CT molecular complexity index is 1100. The molecule has 0 atom stereocenters. The Morgan fingerprint density at radius 3 is 2.20 bits per heavy atom. The van der Waals surface area contributed by atoms with Crippen LogP contribution in [-0.2, 0) is 10.0 Å². The van der Waals surface area contributed by atoms with E-state index in [0.717, 1.165) is 11.5 Å². The number of sulfonamides is 1. The molecule has 0 spiro atoms. The van der Waals surface area contributed by atoms with Gasteiger partial charge in [-0.05, 0) is 62.4 Å². The molecule has 0 aliphatic rings. The highest BCUT2D eigenvalue weighted by Crippen LogP contribution is 2.23. The van der Waals surface area contributed by atoms with E-state index in [9.17, 15) is 8.42 Å². The van der Waals surface area contributed by atoms with Gasteiger partial charge >= 0.3 is 0 Å². The Kier molecular flexibility index (Phi) is 6.41. The molecule has 0 aliphatic carbocycles. The van der Waals surface area contributed by atoms with Crippen molar-refractivity contribution >= 4 is 33.0 Å². The lowest BCUT2D eigenvalue weighted by Gasteiger charge is -2.14. The summed E-state index contributed by atoms with van der Waals surface area (Å²) in [4.78, 5) is 10.8. The molecule has 0 saturated heterocycles. The summed E-state index contributed by atoms with van der Waals surface area (Å²) < 4.78 is 33.1. The molecule has 0 radical (unpaired) electrons. The Balaban J connectivity index is 1.71. The first kappa shape index (κ1) is 21.4. The molecule has 2 N–H and O–H groups in total. The Labute approximate surface area is 177 Å². The molecule has 3 aromatic rings. The Hall–Kier alpha value is -3.33. The number of nitrogens with zero attached hydrogens (tertiary/aromatic N) is 3. The van der Waals surface area contributed by atoms with Crippen LogP contribution in [0.15, 0.2) is 59.5 Å². The van der Waals surface area contributed by atoms with Gasteiger partial charge in [-0.3, -0.25) is 4.72 Å². The van der Waals surface area contributed by atoms with Gasteiger partial charge < -0.3 is 15.0 Å². The van der Waals surface area contributed by atoms with Crippen LogP contribution in [0.25, 0.3) is 0 Å². The number of aryl methyl sites for hydroxylation is 1. The average Bonchev–Trinajstić information content (AvgIpc) is 2.69. The van der Waals surface area contributed by atoms with Crippen molar-refractivity contribution in [2.75, 3.05) is 35.6 Å². The van der Waals surface area contributed by atoms with E-state index < -0.39 is 10.0 Å². The van der Waals surface area contributed by atoms with Crippen molar-refractivity contribution in [2.45, 2.75) is 18.7 Å². The highest BCUT2D eigenvalue weighted by molar-refractivity contribution is 7.92. The number of anilines is 4. The molecule has 0 fully saturated rings. The number of ether oxygens (including phenoxy) is 1. The van der Waals surface area contributed by atoms with Crippen molar-refractivity contribution in [1.82, 2.24) is 9.97 Å². The van der Waals surface area contributed by atoms with E-state index >= 15 is 0 Å². The van der Waals surface area contributed by atoms with E-state index in [2.05, 4.69) is 20.0 Å². The minimum atomic E-state index is -3.69. The number of hydrogen-bond donors (Lipinski definition) is 2. The number of aromatic nitrogens is 2. The van der Waals surface area contributed by atoms with Crippen molar-refractivity contribution in [2.24, 2.45) is 0 Å². The van der Waals surface area contributed by atoms with Gasteiger partial charge in [-0.1, -0.05) is 0 Å². The molecule has 158 valence electrons. The molecule has 9 heteroatoms. The lowest BCUT2D eigenvalue weighted by Crippen LogP contribution is -2.13. The molecule has 30 heavy (non-hydrogen) atoms. The molecule has 0 aliphatic heterocycles. The molecule has 0 amide bonds. The smallest absolute Gasteiger partial charge is 0.261 e. The third-order valence-corrected chi connectivity index (χ3v) is 5.53. The van der Waals surface area contributed by atoms with E-state index in [-0.39, 0.29) is 4.90 Å². The third kappa shape index (κ3) is 5.38. The second-order valence-corrected chi connectivity index (χ2v) is 8.45. The van der Waals surface area contributed by atoms with E-state index in [1.54, 1.807) is 36.4 Å². The Morgan fingerprint density at radius 1 is 0.967 bits per heavy atom. The Morgan fingerprint density at radius 2 is 1.60 bits per heavy atom. The highest BCUT2D eigenvalue weighted by Gasteiger charge is 2.14. The van der Waals surface area contributed by atoms with Gasteiger partial charge in [-0.15, -0.1) is 0 Å². The van der Waals surface area contributed by atoms with Gasteiger partial charge in [0.1, 0.15) is 23.2 Å². The fraction of sp³-hybridized carbons (Fsp3) is 0.238. The van der Waals surface area contributed by atoms with Crippen LogP contribution >= 0.6 is 0 Å². The maximum Gasteiger partial charge on any atom is 0.261 e. The summed E-state index contributed by atoms with van der Waals surface area (Å²) in [7, 11) is 0.137. The van der Waals surface area contributed by atoms with Crippen LogP contribution in [0.5, 0.6) is 5.75 Å². The van der Waals surface area contributed by atoms with Crippen molar-refractivity contribution in [3.8, 4) is 5.75 Å². The summed E-state index contributed by atoms with van der Waals surface area (Å²) in [6, 6.07) is 15.1. The van der Waals surface area contributed by atoms with Crippen LogP contribution in [0.2, 0.25) is 0 Å². The normalized spacial score (nSPS) is 11.1. The molecule has 0 bridgehead atoms. The van der Waals surface area contributed by atoms with Crippen LogP contribution in [0.1, 0.15) is 12.7 Å². The summed E-state index contributed by atoms with van der Waals surface area (Å²) in [6.45, 7) is 4.23. The largest absolute Gasteiger partial charge is 0.494 e. The summed E-state index contributed by atoms with van der Waals surface area (Å²) in [5.74, 6) is 2.74. The molecular weight excluding hydrogens is 402 g/mol. The summed E-state index contributed by atoms with van der Waals surface area (Å²) in [5.41, 5.74) is 1.24. The fourth-order valence-electron chi connectivity index (χ4n) is 2.71. The predicted molar refractivity (Wildman–Crippen MR) is 119 cm³/mol. The topological polar surface area (TPSA) is 96.5 Å². The van der Waals surface area contributed by atoms with Crippen LogP contribution in [0.4, 0.5) is 23.0 Å². The molecule has 1 heterocycles. The first-order chi connectivity index (χ1) is 14.3. The van der Waals surface area contributed by atoms with Gasteiger partial charge in [0.25, 0.3) is 10.0 Å². The average molecular weight is 428 g/mol. The van der Waals surface area contributed by atoms with Gasteiger partial charge in [0.15, 0.2) is 0 Å². The van der Waals surface area contributed by atoms with Crippen molar-refractivity contribution in [1.29, 1.82) is 0 Å². The minimum absolute atomic E-state index is 0.167. The highest BCUT2D eigenvalue weighted by atomic mass is 32.2. The zero-order valence-corrected chi connectivity index (χ0v) is 18.2. The summed E-state index contributed by atoms with van der Waals surface area (Å²) in [6.07, 6.45) is 0. The lowest BCUT2D eigenvalue weighted by molar-refractivity contribution is 0.340. The first-order valence-electron chi connectivity index (χ1n) is 9.42.